The molecule has 0 radical (unpaired) electrons. The average Bonchev–Trinajstić information content (AvgIpc) is 2.27. The lowest BCUT2D eigenvalue weighted by molar-refractivity contribution is -0.393. The molecule has 0 saturated carbocycles. The smallest absolute Gasteiger partial charge is 0.344 e. The number of nitrogens with one attached hydrogen (secondary N) is 1. The molecule has 0 aliphatic carbocycles. The lowest BCUT2D eigenvalue weighted by Gasteiger charge is -2.14. The Morgan fingerprint density at radius 2 is 1.89 bits per heavy atom. The van der Waals surface area contributed by atoms with E-state index in [9.17, 15) is 29.2 Å². The number of carbonyl (C=O) groups is 1. The van der Waals surface area contributed by atoms with Crippen molar-refractivity contribution in [3.8, 4) is 0 Å². The Balaban J connectivity index is 2.73. The van der Waals surface area contributed by atoms with Crippen molar-refractivity contribution in [2.24, 2.45) is 0 Å². The Kier molecular flexibility index (Phi) is 2.67. The normalized spacial score (nSPS) is 17.3. The molecule has 1 aliphatic rings. The number of nitro benzene ring substituents is 2. The van der Waals surface area contributed by atoms with Gasteiger partial charge >= 0.3 is 22.9 Å². The van der Waals surface area contributed by atoms with E-state index in [2.05, 4.69) is 8.91 Å². The number of nitro groups is 2. The Labute approximate surface area is 101 Å². The number of hydrogen-bond donors (Lipinski definition) is 1. The van der Waals surface area contributed by atoms with Crippen molar-refractivity contribution in [1.29, 1.82) is 0 Å². The van der Waals surface area contributed by atoms with Crippen molar-refractivity contribution >= 4 is 34.3 Å². The maximum Gasteiger partial charge on any atom is 0.356 e. The minimum absolute atomic E-state index is 0.361. The molecule has 0 bridgehead atoms. The minimum atomic E-state index is -2.25. The quantitative estimate of drug-likeness (QED) is 0.616. The van der Waals surface area contributed by atoms with E-state index in [0.717, 1.165) is 6.07 Å². The van der Waals surface area contributed by atoms with E-state index < -0.39 is 44.0 Å². The molecule has 18 heavy (non-hydrogen) atoms. The predicted molar refractivity (Wildman–Crippen MR) is 56.9 cm³/mol. The van der Waals surface area contributed by atoms with Gasteiger partial charge in [0.05, 0.1) is 21.5 Å². The molecular weight excluding hydrogens is 270 g/mol. The van der Waals surface area contributed by atoms with Gasteiger partial charge in [-0.1, -0.05) is 0 Å². The lowest BCUT2D eigenvalue weighted by atomic mass is 10.1. The number of non-ortho nitro benzene ring substituents is 1. The van der Waals surface area contributed by atoms with Gasteiger partial charge < -0.3 is 4.18 Å². The maximum atomic E-state index is 11.3. The van der Waals surface area contributed by atoms with Crippen LogP contribution in [0.15, 0.2) is 12.1 Å². The summed E-state index contributed by atoms with van der Waals surface area (Å²) in [4.78, 5) is 30.9. The number of nitrogens with zero attached hydrogens (tertiary/aromatic N) is 2. The fraction of sp³-hybridized carbons (Fsp3) is 0. The highest BCUT2D eigenvalue weighted by molar-refractivity contribution is 7.82. The third-order valence-electron chi connectivity index (χ3n) is 2.07. The molecule has 0 spiro atoms. The van der Waals surface area contributed by atoms with Gasteiger partial charge in [0.15, 0.2) is 0 Å². The Morgan fingerprint density at radius 1 is 1.22 bits per heavy atom. The fourth-order valence-corrected chi connectivity index (χ4v) is 2.00. The van der Waals surface area contributed by atoms with Gasteiger partial charge in [-0.15, -0.1) is 0 Å². The van der Waals surface area contributed by atoms with Gasteiger partial charge in [-0.25, -0.2) is 4.79 Å². The average molecular weight is 273 g/mol. The van der Waals surface area contributed by atoms with Crippen molar-refractivity contribution < 1.29 is 23.0 Å². The summed E-state index contributed by atoms with van der Waals surface area (Å²) >= 11 is -2.25. The zero-order valence-corrected chi connectivity index (χ0v) is 9.13. The largest absolute Gasteiger partial charge is 0.356 e. The van der Waals surface area contributed by atoms with Gasteiger partial charge in [0.2, 0.25) is 0 Å². The SMILES string of the molecule is O=C1OS(=O)Nc2c1cc([N+](=O)[O-])cc2[N+](=O)[O-]. The standard InChI is InChI=1S/C7H3N3O7S/c11-7-4-1-3(9(12)13)2-5(10(14)15)6(4)8-18(16)17-7/h1-2,8H. The van der Waals surface area contributed by atoms with Gasteiger partial charge in [-0.2, -0.15) is 4.21 Å². The summed E-state index contributed by atoms with van der Waals surface area (Å²) in [5, 5.41) is 21.3. The van der Waals surface area contributed by atoms with Crippen LogP contribution in [0.5, 0.6) is 0 Å². The van der Waals surface area contributed by atoms with Crippen molar-refractivity contribution in [3.63, 3.8) is 0 Å². The van der Waals surface area contributed by atoms with Crippen molar-refractivity contribution in [2.75, 3.05) is 4.72 Å². The molecule has 11 heteroatoms. The van der Waals surface area contributed by atoms with Crippen LogP contribution in [0, 0.1) is 20.2 Å². The van der Waals surface area contributed by atoms with Crippen molar-refractivity contribution in [1.82, 2.24) is 0 Å². The summed E-state index contributed by atoms with van der Waals surface area (Å²) in [6, 6.07) is 1.48. The number of benzene rings is 1. The molecule has 0 fully saturated rings. The molecule has 2 rings (SSSR count). The molecule has 0 aromatic heterocycles. The number of hydrogen-bond acceptors (Lipinski definition) is 7. The van der Waals surface area contributed by atoms with Crippen LogP contribution in [0.4, 0.5) is 17.1 Å². The molecule has 1 aromatic carbocycles. The van der Waals surface area contributed by atoms with Gasteiger partial charge in [0, 0.05) is 6.07 Å². The lowest BCUT2D eigenvalue weighted by Crippen LogP contribution is -2.23. The van der Waals surface area contributed by atoms with E-state index in [-0.39, 0.29) is 5.69 Å². The highest BCUT2D eigenvalue weighted by Crippen LogP contribution is 2.36. The van der Waals surface area contributed by atoms with Crippen LogP contribution >= 0.6 is 0 Å². The highest BCUT2D eigenvalue weighted by atomic mass is 32.2. The molecule has 0 saturated heterocycles. The van der Waals surface area contributed by atoms with Gasteiger partial charge in [-0.05, 0) is 0 Å². The Bertz CT molecular complexity index is 596. The number of fused-ring (bicyclic) bond motifs is 1. The number of rotatable bonds is 2. The van der Waals surface area contributed by atoms with E-state index in [1.165, 1.54) is 0 Å². The molecule has 1 aromatic rings. The Morgan fingerprint density at radius 3 is 2.44 bits per heavy atom. The zero-order valence-electron chi connectivity index (χ0n) is 8.32. The summed E-state index contributed by atoms with van der Waals surface area (Å²) in [6.07, 6.45) is 0. The zero-order chi connectivity index (χ0) is 13.4. The summed E-state index contributed by atoms with van der Waals surface area (Å²) in [6.45, 7) is 0. The molecule has 1 unspecified atom stereocenters. The molecule has 1 N–H and O–H groups in total. The number of carbonyl (C=O) groups excluding carboxylic acids is 1. The first-order valence-electron chi connectivity index (χ1n) is 4.28. The van der Waals surface area contributed by atoms with Gasteiger partial charge in [0.25, 0.3) is 5.69 Å². The molecule has 10 nitrogen and oxygen atoms in total. The van der Waals surface area contributed by atoms with Crippen molar-refractivity contribution in [3.05, 3.63) is 37.9 Å². The molecule has 1 aliphatic heterocycles. The fourth-order valence-electron chi connectivity index (χ4n) is 1.35. The van der Waals surface area contributed by atoms with Crippen molar-refractivity contribution in [2.45, 2.75) is 0 Å². The topological polar surface area (TPSA) is 142 Å². The second-order valence-electron chi connectivity index (χ2n) is 3.11. The minimum Gasteiger partial charge on any atom is -0.344 e. The molecule has 0 amide bonds. The van der Waals surface area contributed by atoms with Crippen LogP contribution in [-0.2, 0) is 15.4 Å². The first kappa shape index (κ1) is 11.9. The van der Waals surface area contributed by atoms with Crippen LogP contribution in [-0.4, -0.2) is 20.0 Å². The molecular formula is C7H3N3O7S. The third kappa shape index (κ3) is 1.86. The highest BCUT2D eigenvalue weighted by Gasteiger charge is 2.33. The first-order valence-corrected chi connectivity index (χ1v) is 5.35. The van der Waals surface area contributed by atoms with E-state index in [1.807, 2.05) is 0 Å². The van der Waals surface area contributed by atoms with Crippen LogP contribution < -0.4 is 4.72 Å². The van der Waals surface area contributed by atoms with Crippen LogP contribution in [0.25, 0.3) is 0 Å². The predicted octanol–water partition coefficient (Wildman–Crippen LogP) is 0.664. The maximum absolute atomic E-state index is 11.3. The summed E-state index contributed by atoms with van der Waals surface area (Å²) < 4.78 is 17.4. The van der Waals surface area contributed by atoms with Gasteiger partial charge in [-0.3, -0.25) is 25.0 Å². The van der Waals surface area contributed by atoms with E-state index >= 15 is 0 Å². The first-order chi connectivity index (χ1) is 8.40. The molecule has 94 valence electrons. The summed E-state index contributed by atoms with van der Waals surface area (Å²) in [7, 11) is 0. The summed E-state index contributed by atoms with van der Waals surface area (Å²) in [5.41, 5.74) is -2.12. The molecule has 1 atom stereocenters. The molecule has 1 heterocycles. The third-order valence-corrected chi connectivity index (χ3v) is 2.74. The Hall–Kier alpha value is -2.56. The van der Waals surface area contributed by atoms with Crippen LogP contribution in [0.1, 0.15) is 10.4 Å². The van der Waals surface area contributed by atoms with Crippen LogP contribution in [0.3, 0.4) is 0 Å². The summed E-state index contributed by atoms with van der Waals surface area (Å²) in [5.74, 6) is -1.13. The number of anilines is 1. The van der Waals surface area contributed by atoms with Crippen LogP contribution in [0.2, 0.25) is 0 Å². The second kappa shape index (κ2) is 4.03. The van der Waals surface area contributed by atoms with Gasteiger partial charge in [0.1, 0.15) is 5.69 Å². The van der Waals surface area contributed by atoms with E-state index in [4.69, 9.17) is 0 Å². The second-order valence-corrected chi connectivity index (χ2v) is 3.95. The van der Waals surface area contributed by atoms with E-state index in [1.54, 1.807) is 0 Å². The monoisotopic (exact) mass is 273 g/mol. The van der Waals surface area contributed by atoms with E-state index in [0.29, 0.717) is 6.07 Å².